The Kier molecular flexibility index (Phi) is 7.21. The normalized spacial score (nSPS) is 43.7. The molecule has 8 atom stereocenters. The van der Waals surface area contributed by atoms with Crippen LogP contribution in [-0.2, 0) is 4.84 Å². The highest BCUT2D eigenvalue weighted by atomic mass is 16.7. The lowest BCUT2D eigenvalue weighted by molar-refractivity contribution is -0.123. The molecular formula is C26H45N3O3. The van der Waals surface area contributed by atoms with E-state index in [1.165, 1.54) is 38.5 Å². The molecule has 0 saturated heterocycles. The van der Waals surface area contributed by atoms with Crippen LogP contribution < -0.4 is 10.6 Å². The largest absolute Gasteiger partial charge is 0.433 e. The van der Waals surface area contributed by atoms with E-state index in [9.17, 15) is 9.90 Å². The van der Waals surface area contributed by atoms with Crippen molar-refractivity contribution in [3.05, 3.63) is 0 Å². The highest BCUT2D eigenvalue weighted by Gasteiger charge is 2.60. The Bertz CT molecular complexity index is 712. The van der Waals surface area contributed by atoms with E-state index in [0.717, 1.165) is 55.7 Å². The molecule has 3 N–H and O–H groups in total. The molecule has 4 fully saturated rings. The third-order valence-corrected chi connectivity index (χ3v) is 10.3. The van der Waals surface area contributed by atoms with Gasteiger partial charge in [0.15, 0.2) is 0 Å². The van der Waals surface area contributed by atoms with Gasteiger partial charge in [-0.2, -0.15) is 0 Å². The zero-order valence-corrected chi connectivity index (χ0v) is 20.7. The van der Waals surface area contributed by atoms with Gasteiger partial charge < -0.3 is 15.7 Å². The van der Waals surface area contributed by atoms with Crippen molar-refractivity contribution in [1.82, 2.24) is 10.6 Å². The summed E-state index contributed by atoms with van der Waals surface area (Å²) < 4.78 is 0. The fourth-order valence-corrected chi connectivity index (χ4v) is 8.59. The highest BCUT2D eigenvalue weighted by molar-refractivity contribution is 5.85. The molecule has 4 aliphatic rings. The Morgan fingerprint density at radius 2 is 1.78 bits per heavy atom. The molecule has 0 aromatic heterocycles. The van der Waals surface area contributed by atoms with Crippen molar-refractivity contribution in [3.8, 4) is 0 Å². The monoisotopic (exact) mass is 447 g/mol. The SMILES string of the molecule is CNCCCNC(=O)O/N=C(\C)[C@H]1CC[C@H]2[C@@H]3CC[C@@H]4C[C@@H](O)CC[C@]4(C)[C@H]3CC[C@]12C. The van der Waals surface area contributed by atoms with Crippen LogP contribution in [0.5, 0.6) is 0 Å². The third kappa shape index (κ3) is 4.34. The number of fused-ring (bicyclic) bond motifs is 5. The van der Waals surface area contributed by atoms with E-state index < -0.39 is 6.09 Å². The molecule has 182 valence electrons. The summed E-state index contributed by atoms with van der Waals surface area (Å²) in [6, 6.07) is 0. The molecule has 32 heavy (non-hydrogen) atoms. The summed E-state index contributed by atoms with van der Waals surface area (Å²) in [6.07, 6.45) is 11.1. The molecule has 0 aromatic rings. The first kappa shape index (κ1) is 24.0. The Morgan fingerprint density at radius 3 is 2.56 bits per heavy atom. The number of hydrogen-bond donors (Lipinski definition) is 3. The Balaban J connectivity index is 1.40. The van der Waals surface area contributed by atoms with Gasteiger partial charge in [0.25, 0.3) is 0 Å². The zero-order valence-electron chi connectivity index (χ0n) is 20.7. The van der Waals surface area contributed by atoms with Gasteiger partial charge in [-0.05, 0) is 119 Å². The van der Waals surface area contributed by atoms with E-state index in [0.29, 0.717) is 23.8 Å². The number of aliphatic hydroxyl groups is 1. The van der Waals surface area contributed by atoms with Crippen molar-refractivity contribution in [2.45, 2.75) is 91.1 Å². The lowest BCUT2D eigenvalue weighted by Gasteiger charge is -2.61. The highest BCUT2D eigenvalue weighted by Crippen LogP contribution is 2.67. The number of amides is 1. The van der Waals surface area contributed by atoms with E-state index in [1.807, 2.05) is 7.05 Å². The van der Waals surface area contributed by atoms with E-state index >= 15 is 0 Å². The number of nitrogens with zero attached hydrogens (tertiary/aromatic N) is 1. The van der Waals surface area contributed by atoms with Crippen LogP contribution in [0.15, 0.2) is 5.16 Å². The average molecular weight is 448 g/mol. The van der Waals surface area contributed by atoms with E-state index in [1.54, 1.807) is 0 Å². The molecule has 4 aliphatic carbocycles. The van der Waals surface area contributed by atoms with Crippen molar-refractivity contribution >= 4 is 11.8 Å². The Morgan fingerprint density at radius 1 is 1.03 bits per heavy atom. The fraction of sp³-hybridized carbons (Fsp3) is 0.923. The average Bonchev–Trinajstić information content (AvgIpc) is 3.13. The van der Waals surface area contributed by atoms with Crippen LogP contribution in [0.2, 0.25) is 0 Å². The maximum absolute atomic E-state index is 12.0. The summed E-state index contributed by atoms with van der Waals surface area (Å²) in [5.41, 5.74) is 1.66. The molecule has 0 spiro atoms. The number of aliphatic hydroxyl groups excluding tert-OH is 1. The smallest absolute Gasteiger partial charge is 0.393 e. The fourth-order valence-electron chi connectivity index (χ4n) is 8.59. The molecule has 0 heterocycles. The molecule has 0 aliphatic heterocycles. The van der Waals surface area contributed by atoms with Crippen molar-refractivity contribution in [2.75, 3.05) is 20.1 Å². The summed E-state index contributed by atoms with van der Waals surface area (Å²) in [6.45, 7) is 8.55. The number of carbonyl (C=O) groups is 1. The van der Waals surface area contributed by atoms with Crippen molar-refractivity contribution in [3.63, 3.8) is 0 Å². The van der Waals surface area contributed by atoms with Gasteiger partial charge in [-0.15, -0.1) is 0 Å². The second-order valence-electron chi connectivity index (χ2n) is 11.8. The van der Waals surface area contributed by atoms with Crippen LogP contribution in [0.3, 0.4) is 0 Å². The van der Waals surface area contributed by atoms with Gasteiger partial charge in [0.05, 0.1) is 11.8 Å². The van der Waals surface area contributed by atoms with Crippen LogP contribution in [0.25, 0.3) is 0 Å². The minimum absolute atomic E-state index is 0.0753. The maximum Gasteiger partial charge on any atom is 0.433 e. The second-order valence-corrected chi connectivity index (χ2v) is 11.8. The summed E-state index contributed by atoms with van der Waals surface area (Å²) >= 11 is 0. The van der Waals surface area contributed by atoms with Crippen molar-refractivity contribution in [1.29, 1.82) is 0 Å². The Labute approximate surface area is 194 Å². The molecule has 0 aromatic carbocycles. The molecular weight excluding hydrogens is 402 g/mol. The van der Waals surface area contributed by atoms with E-state index in [4.69, 9.17) is 4.84 Å². The predicted octanol–water partition coefficient (Wildman–Crippen LogP) is 4.72. The van der Waals surface area contributed by atoms with Crippen LogP contribution in [0, 0.1) is 40.4 Å². The van der Waals surface area contributed by atoms with Gasteiger partial charge in [-0.25, -0.2) is 4.79 Å². The van der Waals surface area contributed by atoms with Gasteiger partial charge in [0, 0.05) is 12.5 Å². The van der Waals surface area contributed by atoms with Crippen LogP contribution >= 0.6 is 0 Å². The Hall–Kier alpha value is -1.14. The quantitative estimate of drug-likeness (QED) is 0.238. The topological polar surface area (TPSA) is 83.0 Å². The molecule has 6 nitrogen and oxygen atoms in total. The lowest BCUT2D eigenvalue weighted by Crippen LogP contribution is -2.54. The number of oxime groups is 1. The third-order valence-electron chi connectivity index (χ3n) is 10.3. The summed E-state index contributed by atoms with van der Waals surface area (Å²) in [5.74, 6) is 3.47. The molecule has 0 bridgehead atoms. The minimum atomic E-state index is -0.449. The lowest BCUT2D eigenvalue weighted by atomic mass is 9.44. The minimum Gasteiger partial charge on any atom is -0.393 e. The number of nitrogens with one attached hydrogen (secondary N) is 2. The number of carbonyl (C=O) groups excluding carboxylic acids is 1. The zero-order chi connectivity index (χ0) is 22.9. The first-order chi connectivity index (χ1) is 15.3. The summed E-state index contributed by atoms with van der Waals surface area (Å²) in [4.78, 5) is 17.2. The van der Waals surface area contributed by atoms with Crippen LogP contribution in [0.4, 0.5) is 4.79 Å². The van der Waals surface area contributed by atoms with Gasteiger partial charge in [0.2, 0.25) is 0 Å². The standard InChI is InChI=1S/C26H45N3O3/c1-17(29-32-24(31)28-15-5-14-27-4)21-8-9-22-20-7-6-18-16-19(30)10-12-25(18,2)23(20)11-13-26(21,22)3/h18-23,27,30H,5-16H2,1-4H3,(H,28,31)/b29-17+/t18-,19+,20+,21-,22+,23+,25+,26-/m1/s1. The molecule has 4 saturated carbocycles. The first-order valence-corrected chi connectivity index (χ1v) is 13.1. The van der Waals surface area contributed by atoms with Gasteiger partial charge in [-0.3, -0.25) is 4.84 Å². The molecule has 1 amide bonds. The molecule has 4 rings (SSSR count). The molecule has 6 heteroatoms. The van der Waals surface area contributed by atoms with E-state index in [2.05, 4.69) is 36.6 Å². The summed E-state index contributed by atoms with van der Waals surface area (Å²) in [5, 5.41) is 20.4. The van der Waals surface area contributed by atoms with Crippen molar-refractivity contribution in [2.24, 2.45) is 45.6 Å². The molecule has 0 radical (unpaired) electrons. The van der Waals surface area contributed by atoms with Crippen LogP contribution in [0.1, 0.15) is 85.0 Å². The number of hydrogen-bond acceptors (Lipinski definition) is 5. The summed E-state index contributed by atoms with van der Waals surface area (Å²) in [7, 11) is 1.90. The van der Waals surface area contributed by atoms with Gasteiger partial charge in [0.1, 0.15) is 0 Å². The molecule has 0 unspecified atom stereocenters. The van der Waals surface area contributed by atoms with E-state index in [-0.39, 0.29) is 11.5 Å². The van der Waals surface area contributed by atoms with Crippen LogP contribution in [-0.4, -0.2) is 43.2 Å². The van der Waals surface area contributed by atoms with Gasteiger partial charge in [-0.1, -0.05) is 19.0 Å². The number of rotatable bonds is 6. The predicted molar refractivity (Wildman–Crippen MR) is 127 cm³/mol. The first-order valence-electron chi connectivity index (χ1n) is 13.1. The maximum atomic E-state index is 12.0. The van der Waals surface area contributed by atoms with Gasteiger partial charge >= 0.3 is 6.09 Å². The van der Waals surface area contributed by atoms with Crippen molar-refractivity contribution < 1.29 is 14.7 Å². The second kappa shape index (κ2) is 9.61.